The van der Waals surface area contributed by atoms with Crippen LogP contribution in [0.25, 0.3) is 0 Å². The van der Waals surface area contributed by atoms with E-state index < -0.39 is 0 Å². The van der Waals surface area contributed by atoms with Crippen LogP contribution in [0.4, 0.5) is 10.8 Å². The molecule has 0 spiro atoms. The van der Waals surface area contributed by atoms with Crippen LogP contribution < -0.4 is 10.2 Å². The van der Waals surface area contributed by atoms with Crippen LogP contribution in [-0.2, 0) is 16.0 Å². The number of aromatic nitrogens is 2. The molecule has 25 heavy (non-hydrogen) atoms. The molecule has 1 N–H and O–H groups in total. The minimum atomic E-state index is -0.0828. The molecule has 132 valence electrons. The highest BCUT2D eigenvalue weighted by atomic mass is 32.2. The topological polar surface area (TPSA) is 75.2 Å². The van der Waals surface area contributed by atoms with E-state index in [4.69, 9.17) is 0 Å². The number of hydrogen-bond donors (Lipinski definition) is 1. The van der Waals surface area contributed by atoms with Gasteiger partial charge >= 0.3 is 0 Å². The van der Waals surface area contributed by atoms with Gasteiger partial charge in [0.15, 0.2) is 4.34 Å². The maximum Gasteiger partial charge on any atom is 0.234 e. The Morgan fingerprint density at radius 2 is 2.16 bits per heavy atom. The van der Waals surface area contributed by atoms with Gasteiger partial charge in [-0.25, -0.2) is 0 Å². The molecule has 1 saturated carbocycles. The standard InChI is InChI=1S/C17H20N4O2S2/c1-3-12-5-4-6-13(9-12)18-15(23)10-24-17-20-19-16(25-17)21(11(2)22)14-7-8-14/h4-6,9,14H,3,7-8,10H2,1-2H3,(H,18,23). The van der Waals surface area contributed by atoms with Gasteiger partial charge in [-0.15, -0.1) is 10.2 Å². The fourth-order valence-corrected chi connectivity index (χ4v) is 4.19. The first-order chi connectivity index (χ1) is 12.1. The largest absolute Gasteiger partial charge is 0.325 e. The number of hydrogen-bond acceptors (Lipinski definition) is 6. The van der Waals surface area contributed by atoms with Crippen LogP contribution >= 0.6 is 23.1 Å². The molecule has 0 aliphatic heterocycles. The predicted octanol–water partition coefficient (Wildman–Crippen LogP) is 3.35. The maximum atomic E-state index is 12.1. The summed E-state index contributed by atoms with van der Waals surface area (Å²) in [7, 11) is 0. The Morgan fingerprint density at radius 1 is 1.36 bits per heavy atom. The molecule has 1 aromatic heterocycles. The molecule has 0 atom stereocenters. The molecule has 2 amide bonds. The summed E-state index contributed by atoms with van der Waals surface area (Å²) in [5.41, 5.74) is 1.99. The van der Waals surface area contributed by atoms with Crippen molar-refractivity contribution < 1.29 is 9.59 Å². The molecule has 3 rings (SSSR count). The Hall–Kier alpha value is -1.93. The number of carbonyl (C=O) groups excluding carboxylic acids is 2. The lowest BCUT2D eigenvalue weighted by Crippen LogP contribution is -2.30. The lowest BCUT2D eigenvalue weighted by atomic mass is 10.1. The van der Waals surface area contributed by atoms with E-state index in [1.54, 1.807) is 11.8 Å². The summed E-state index contributed by atoms with van der Waals surface area (Å²) < 4.78 is 0.694. The van der Waals surface area contributed by atoms with E-state index in [2.05, 4.69) is 22.4 Å². The predicted molar refractivity (Wildman–Crippen MR) is 101 cm³/mol. The van der Waals surface area contributed by atoms with Gasteiger partial charge in [0.25, 0.3) is 0 Å². The van der Waals surface area contributed by atoms with E-state index >= 15 is 0 Å². The van der Waals surface area contributed by atoms with Crippen LogP contribution in [0.1, 0.15) is 32.3 Å². The monoisotopic (exact) mass is 376 g/mol. The zero-order valence-corrected chi connectivity index (χ0v) is 15.8. The van der Waals surface area contributed by atoms with Crippen molar-refractivity contribution in [2.24, 2.45) is 0 Å². The average Bonchev–Trinajstić information content (AvgIpc) is 3.30. The maximum absolute atomic E-state index is 12.1. The van der Waals surface area contributed by atoms with Crippen molar-refractivity contribution in [3.8, 4) is 0 Å². The van der Waals surface area contributed by atoms with Gasteiger partial charge in [-0.3, -0.25) is 14.5 Å². The number of thioether (sulfide) groups is 1. The Balaban J connectivity index is 1.54. The minimum absolute atomic E-state index is 0.0104. The Bertz CT molecular complexity index is 774. The van der Waals surface area contributed by atoms with Gasteiger partial charge in [0, 0.05) is 18.7 Å². The molecule has 0 unspecified atom stereocenters. The lowest BCUT2D eigenvalue weighted by molar-refractivity contribution is -0.116. The van der Waals surface area contributed by atoms with Crippen molar-refractivity contribution in [2.45, 2.75) is 43.5 Å². The van der Waals surface area contributed by atoms with E-state index in [-0.39, 0.29) is 23.6 Å². The van der Waals surface area contributed by atoms with Crippen LogP contribution in [-0.4, -0.2) is 33.8 Å². The minimum Gasteiger partial charge on any atom is -0.325 e. The molecule has 2 aromatic rings. The van der Waals surface area contributed by atoms with Crippen molar-refractivity contribution >= 4 is 45.7 Å². The first-order valence-corrected chi connectivity index (χ1v) is 10.0. The van der Waals surface area contributed by atoms with Crippen molar-refractivity contribution in [1.82, 2.24) is 10.2 Å². The molecule has 1 aliphatic rings. The van der Waals surface area contributed by atoms with Crippen molar-refractivity contribution in [3.05, 3.63) is 29.8 Å². The summed E-state index contributed by atoms with van der Waals surface area (Å²) >= 11 is 2.69. The van der Waals surface area contributed by atoms with E-state index in [1.165, 1.54) is 28.7 Å². The van der Waals surface area contributed by atoms with Crippen molar-refractivity contribution in [2.75, 3.05) is 16.0 Å². The Labute approximate surface area is 155 Å². The van der Waals surface area contributed by atoms with Gasteiger partial charge in [0.05, 0.1) is 5.75 Å². The fraction of sp³-hybridized carbons (Fsp3) is 0.412. The smallest absolute Gasteiger partial charge is 0.234 e. The van der Waals surface area contributed by atoms with Crippen LogP contribution in [0.2, 0.25) is 0 Å². The third-order valence-electron chi connectivity index (χ3n) is 3.80. The summed E-state index contributed by atoms with van der Waals surface area (Å²) in [4.78, 5) is 25.6. The second-order valence-corrected chi connectivity index (χ2v) is 8.04. The highest BCUT2D eigenvalue weighted by Crippen LogP contribution is 2.35. The zero-order valence-electron chi connectivity index (χ0n) is 14.2. The summed E-state index contributed by atoms with van der Waals surface area (Å²) in [6.45, 7) is 3.63. The van der Waals surface area contributed by atoms with E-state index in [0.29, 0.717) is 9.47 Å². The third-order valence-corrected chi connectivity index (χ3v) is 5.85. The Morgan fingerprint density at radius 3 is 2.84 bits per heavy atom. The molecule has 0 radical (unpaired) electrons. The van der Waals surface area contributed by atoms with Crippen LogP contribution in [0.5, 0.6) is 0 Å². The number of carbonyl (C=O) groups is 2. The molecule has 0 bridgehead atoms. The summed E-state index contributed by atoms with van der Waals surface area (Å²) in [5, 5.41) is 11.7. The van der Waals surface area contributed by atoms with Crippen molar-refractivity contribution in [3.63, 3.8) is 0 Å². The molecule has 1 fully saturated rings. The molecule has 1 aromatic carbocycles. The average molecular weight is 377 g/mol. The van der Waals surface area contributed by atoms with Crippen LogP contribution in [0.15, 0.2) is 28.6 Å². The number of anilines is 2. The number of rotatable bonds is 7. The van der Waals surface area contributed by atoms with Gasteiger partial charge in [-0.1, -0.05) is 42.2 Å². The zero-order chi connectivity index (χ0) is 17.8. The number of benzene rings is 1. The lowest BCUT2D eigenvalue weighted by Gasteiger charge is -2.15. The summed E-state index contributed by atoms with van der Waals surface area (Å²) in [6.07, 6.45) is 2.96. The third kappa shape index (κ3) is 4.79. The Kier molecular flexibility index (Phi) is 5.70. The molecule has 0 saturated heterocycles. The van der Waals surface area contributed by atoms with E-state index in [1.807, 2.05) is 24.3 Å². The molecule has 1 heterocycles. The quantitative estimate of drug-likeness (QED) is 0.592. The van der Waals surface area contributed by atoms with Crippen molar-refractivity contribution in [1.29, 1.82) is 0 Å². The first kappa shape index (κ1) is 17.9. The fourth-order valence-electron chi connectivity index (χ4n) is 2.43. The SMILES string of the molecule is CCc1cccc(NC(=O)CSc2nnc(N(C(C)=O)C3CC3)s2)c1. The molecular formula is C17H20N4O2S2. The van der Waals surface area contributed by atoms with Gasteiger partial charge in [-0.2, -0.15) is 0 Å². The molecule has 8 heteroatoms. The van der Waals surface area contributed by atoms with E-state index in [0.717, 1.165) is 24.9 Å². The summed E-state index contributed by atoms with van der Waals surface area (Å²) in [5.74, 6) is 0.165. The number of amides is 2. The van der Waals surface area contributed by atoms with Crippen LogP contribution in [0, 0.1) is 0 Å². The molecule has 6 nitrogen and oxygen atoms in total. The van der Waals surface area contributed by atoms with Gasteiger partial charge in [0.1, 0.15) is 0 Å². The molecule has 1 aliphatic carbocycles. The van der Waals surface area contributed by atoms with Gasteiger partial charge in [0.2, 0.25) is 16.9 Å². The number of nitrogens with one attached hydrogen (secondary N) is 1. The van der Waals surface area contributed by atoms with Gasteiger partial charge in [-0.05, 0) is 37.0 Å². The molecular weight excluding hydrogens is 356 g/mol. The van der Waals surface area contributed by atoms with E-state index in [9.17, 15) is 9.59 Å². The highest BCUT2D eigenvalue weighted by molar-refractivity contribution is 8.01. The second-order valence-electron chi connectivity index (χ2n) is 5.86. The second kappa shape index (κ2) is 7.97. The first-order valence-electron chi connectivity index (χ1n) is 8.21. The highest BCUT2D eigenvalue weighted by Gasteiger charge is 2.34. The summed E-state index contributed by atoms with van der Waals surface area (Å²) in [6, 6.07) is 8.09. The number of nitrogens with zero attached hydrogens (tertiary/aromatic N) is 3. The number of aryl methyl sites for hydroxylation is 1. The van der Waals surface area contributed by atoms with Gasteiger partial charge < -0.3 is 5.32 Å². The normalized spacial score (nSPS) is 13.5. The van der Waals surface area contributed by atoms with Crippen LogP contribution in [0.3, 0.4) is 0 Å².